The van der Waals surface area contributed by atoms with Crippen LogP contribution in [0.4, 0.5) is 10.6 Å². The van der Waals surface area contributed by atoms with Crippen LogP contribution in [-0.2, 0) is 4.74 Å². The predicted molar refractivity (Wildman–Crippen MR) is 54.7 cm³/mol. The van der Waals surface area contributed by atoms with Crippen molar-refractivity contribution in [1.82, 2.24) is 5.16 Å². The van der Waals surface area contributed by atoms with Crippen molar-refractivity contribution in [2.24, 2.45) is 0 Å². The minimum Gasteiger partial charge on any atom is -0.450 e. The van der Waals surface area contributed by atoms with Gasteiger partial charge < -0.3 is 9.26 Å². The number of carbonyl (C=O) groups excluding carboxylic acids is 1. The number of carbonyl (C=O) groups is 1. The van der Waals surface area contributed by atoms with Crippen LogP contribution in [0, 0.1) is 0 Å². The van der Waals surface area contributed by atoms with Gasteiger partial charge >= 0.3 is 6.09 Å². The molecule has 0 radical (unpaired) electrons. The molecule has 0 atom stereocenters. The molecule has 0 saturated heterocycles. The SMILES string of the molecule is CCOC(=O)Nc1noc2ccccc12. The highest BCUT2D eigenvalue weighted by Crippen LogP contribution is 2.21. The van der Waals surface area contributed by atoms with Crippen LogP contribution in [0.15, 0.2) is 28.8 Å². The molecule has 1 amide bonds. The van der Waals surface area contributed by atoms with Gasteiger partial charge in [-0.25, -0.2) is 4.79 Å². The van der Waals surface area contributed by atoms with Crippen LogP contribution in [0.3, 0.4) is 0 Å². The third-order valence-electron chi connectivity index (χ3n) is 1.87. The van der Waals surface area contributed by atoms with E-state index in [0.29, 0.717) is 18.0 Å². The first-order chi connectivity index (χ1) is 7.31. The number of rotatable bonds is 2. The zero-order chi connectivity index (χ0) is 10.7. The summed E-state index contributed by atoms with van der Waals surface area (Å²) in [4.78, 5) is 11.1. The van der Waals surface area contributed by atoms with E-state index in [1.54, 1.807) is 13.0 Å². The maximum atomic E-state index is 11.1. The van der Waals surface area contributed by atoms with Gasteiger partial charge in [-0.05, 0) is 19.1 Å². The fraction of sp³-hybridized carbons (Fsp3) is 0.200. The van der Waals surface area contributed by atoms with Crippen molar-refractivity contribution in [1.29, 1.82) is 0 Å². The summed E-state index contributed by atoms with van der Waals surface area (Å²) in [5.41, 5.74) is 0.629. The van der Waals surface area contributed by atoms with Crippen molar-refractivity contribution in [3.8, 4) is 0 Å². The second-order valence-corrected chi connectivity index (χ2v) is 2.87. The average molecular weight is 206 g/mol. The molecule has 1 aromatic heterocycles. The molecule has 15 heavy (non-hydrogen) atoms. The molecule has 0 aliphatic heterocycles. The van der Waals surface area contributed by atoms with E-state index in [0.717, 1.165) is 5.39 Å². The molecule has 1 heterocycles. The number of hydrogen-bond acceptors (Lipinski definition) is 4. The monoisotopic (exact) mass is 206 g/mol. The van der Waals surface area contributed by atoms with Gasteiger partial charge in [0.2, 0.25) is 0 Å². The molecule has 1 aromatic carbocycles. The van der Waals surface area contributed by atoms with Crippen LogP contribution < -0.4 is 5.32 Å². The number of hydrogen-bond donors (Lipinski definition) is 1. The Kier molecular flexibility index (Phi) is 2.53. The Morgan fingerprint density at radius 3 is 3.13 bits per heavy atom. The lowest BCUT2D eigenvalue weighted by atomic mass is 10.2. The fourth-order valence-electron chi connectivity index (χ4n) is 1.24. The van der Waals surface area contributed by atoms with E-state index in [9.17, 15) is 4.79 Å². The Labute approximate surface area is 86.0 Å². The molecule has 1 N–H and O–H groups in total. The summed E-state index contributed by atoms with van der Waals surface area (Å²) in [7, 11) is 0. The Morgan fingerprint density at radius 1 is 1.53 bits per heavy atom. The zero-order valence-electron chi connectivity index (χ0n) is 8.19. The van der Waals surface area contributed by atoms with Gasteiger partial charge in [-0.2, -0.15) is 0 Å². The topological polar surface area (TPSA) is 64.4 Å². The van der Waals surface area contributed by atoms with E-state index < -0.39 is 6.09 Å². The molecule has 0 aliphatic rings. The average Bonchev–Trinajstić information content (AvgIpc) is 2.62. The third-order valence-corrected chi connectivity index (χ3v) is 1.87. The Balaban J connectivity index is 2.25. The van der Waals surface area contributed by atoms with E-state index in [1.165, 1.54) is 0 Å². The highest BCUT2D eigenvalue weighted by molar-refractivity contribution is 5.95. The van der Waals surface area contributed by atoms with Gasteiger partial charge in [0.25, 0.3) is 0 Å². The number of benzene rings is 1. The van der Waals surface area contributed by atoms with Crippen molar-refractivity contribution in [3.63, 3.8) is 0 Å². The molecule has 2 aromatic rings. The first-order valence-corrected chi connectivity index (χ1v) is 4.59. The number of anilines is 1. The van der Waals surface area contributed by atoms with Gasteiger partial charge in [0.15, 0.2) is 11.4 Å². The second kappa shape index (κ2) is 4.00. The fourth-order valence-corrected chi connectivity index (χ4v) is 1.24. The van der Waals surface area contributed by atoms with Crippen molar-refractivity contribution < 1.29 is 14.1 Å². The van der Waals surface area contributed by atoms with Gasteiger partial charge in [-0.3, -0.25) is 5.32 Å². The van der Waals surface area contributed by atoms with Crippen molar-refractivity contribution in [2.45, 2.75) is 6.92 Å². The van der Waals surface area contributed by atoms with Crippen LogP contribution in [0.2, 0.25) is 0 Å². The van der Waals surface area contributed by atoms with E-state index in [2.05, 4.69) is 10.5 Å². The summed E-state index contributed by atoms with van der Waals surface area (Å²) in [5.74, 6) is 0.379. The summed E-state index contributed by atoms with van der Waals surface area (Å²) in [6.45, 7) is 2.06. The van der Waals surface area contributed by atoms with Crippen LogP contribution in [-0.4, -0.2) is 17.9 Å². The summed E-state index contributed by atoms with van der Waals surface area (Å²) in [5, 5.41) is 6.99. The second-order valence-electron chi connectivity index (χ2n) is 2.87. The maximum Gasteiger partial charge on any atom is 0.412 e. The minimum absolute atomic E-state index is 0.321. The lowest BCUT2D eigenvalue weighted by Gasteiger charge is -2.00. The van der Waals surface area contributed by atoms with Crippen molar-refractivity contribution in [3.05, 3.63) is 24.3 Å². The number of nitrogens with one attached hydrogen (secondary N) is 1. The maximum absolute atomic E-state index is 11.1. The van der Waals surface area contributed by atoms with Crippen molar-refractivity contribution in [2.75, 3.05) is 11.9 Å². The normalized spacial score (nSPS) is 10.2. The van der Waals surface area contributed by atoms with Crippen molar-refractivity contribution >= 4 is 22.9 Å². The third kappa shape index (κ3) is 1.90. The standard InChI is InChI=1S/C10H10N2O3/c1-2-14-10(13)11-9-7-5-3-4-6-8(7)15-12-9/h3-6H,2H2,1H3,(H,11,12,13). The van der Waals surface area contributed by atoms with Crippen LogP contribution in [0.25, 0.3) is 11.0 Å². The van der Waals surface area contributed by atoms with Crippen LogP contribution in [0.5, 0.6) is 0 Å². The predicted octanol–water partition coefficient (Wildman–Crippen LogP) is 2.40. The first-order valence-electron chi connectivity index (χ1n) is 4.59. The summed E-state index contributed by atoms with van der Waals surface area (Å²) in [6.07, 6.45) is -0.531. The van der Waals surface area contributed by atoms with Gasteiger partial charge in [-0.15, -0.1) is 0 Å². The molecule has 0 fully saturated rings. The number of ether oxygens (including phenoxy) is 1. The zero-order valence-corrected chi connectivity index (χ0v) is 8.19. The molecule has 0 bridgehead atoms. The number of amides is 1. The van der Waals surface area contributed by atoms with Crippen LogP contribution in [0.1, 0.15) is 6.92 Å². The van der Waals surface area contributed by atoms with Crippen LogP contribution >= 0.6 is 0 Å². The first kappa shape index (κ1) is 9.51. The number of nitrogens with zero attached hydrogens (tertiary/aromatic N) is 1. The molecule has 2 rings (SSSR count). The molecule has 0 saturated carbocycles. The van der Waals surface area contributed by atoms with Gasteiger partial charge in [0.05, 0.1) is 12.0 Å². The molecule has 78 valence electrons. The van der Waals surface area contributed by atoms with Gasteiger partial charge in [0.1, 0.15) is 0 Å². The van der Waals surface area contributed by atoms with Gasteiger partial charge in [-0.1, -0.05) is 17.3 Å². The lowest BCUT2D eigenvalue weighted by molar-refractivity contribution is 0.167. The van der Waals surface area contributed by atoms with Gasteiger partial charge in [0, 0.05) is 0 Å². The molecular formula is C10H10N2O3. The summed E-state index contributed by atoms with van der Waals surface area (Å²) in [6, 6.07) is 7.27. The lowest BCUT2D eigenvalue weighted by Crippen LogP contribution is -2.13. The number of aromatic nitrogens is 1. The van der Waals surface area contributed by atoms with E-state index in [-0.39, 0.29) is 0 Å². The molecule has 5 nitrogen and oxygen atoms in total. The molecule has 0 unspecified atom stereocenters. The largest absolute Gasteiger partial charge is 0.450 e. The summed E-state index contributed by atoms with van der Waals surface area (Å²) >= 11 is 0. The molecule has 5 heteroatoms. The van der Waals surface area contributed by atoms with E-state index >= 15 is 0 Å². The highest BCUT2D eigenvalue weighted by atomic mass is 16.5. The summed E-state index contributed by atoms with van der Waals surface area (Å²) < 4.78 is 9.74. The Morgan fingerprint density at radius 2 is 2.33 bits per heavy atom. The molecule has 0 spiro atoms. The Bertz CT molecular complexity index is 478. The number of para-hydroxylation sites is 1. The molecular weight excluding hydrogens is 196 g/mol. The Hall–Kier alpha value is -2.04. The molecule has 0 aliphatic carbocycles. The number of fused-ring (bicyclic) bond motifs is 1. The quantitative estimate of drug-likeness (QED) is 0.819. The minimum atomic E-state index is -0.531. The highest BCUT2D eigenvalue weighted by Gasteiger charge is 2.10. The van der Waals surface area contributed by atoms with E-state index in [1.807, 2.05) is 18.2 Å². The van der Waals surface area contributed by atoms with E-state index in [4.69, 9.17) is 9.26 Å². The smallest absolute Gasteiger partial charge is 0.412 e.